The molecule has 0 radical (unpaired) electrons. The number of rotatable bonds is 11. The molecule has 192 valence electrons. The van der Waals surface area contributed by atoms with Gasteiger partial charge in [-0.05, 0) is 43.2 Å². The molecule has 1 atom stereocenters. The van der Waals surface area contributed by atoms with Gasteiger partial charge in [-0.15, -0.1) is 0 Å². The third-order valence-electron chi connectivity index (χ3n) is 5.20. The molecule has 0 aliphatic rings. The van der Waals surface area contributed by atoms with Crippen molar-refractivity contribution in [3.8, 4) is 0 Å². The minimum Gasteiger partial charge on any atom is -0.354 e. The van der Waals surface area contributed by atoms with Crippen LogP contribution in [0.15, 0.2) is 36.4 Å². The first-order valence-electron chi connectivity index (χ1n) is 10.8. The second-order valence-corrected chi connectivity index (χ2v) is 11.3. The Hall–Kier alpha value is -1.71. The van der Waals surface area contributed by atoms with Gasteiger partial charge in [0, 0.05) is 28.7 Å². The Morgan fingerprint density at radius 3 is 2.11 bits per heavy atom. The van der Waals surface area contributed by atoms with Gasteiger partial charge in [-0.2, -0.15) is 0 Å². The molecule has 12 heteroatoms. The van der Waals surface area contributed by atoms with Gasteiger partial charge in [0.25, 0.3) is 0 Å². The number of amides is 2. The van der Waals surface area contributed by atoms with Crippen molar-refractivity contribution in [2.45, 2.75) is 39.3 Å². The molecular formula is C23H27Cl4N3O4S. The van der Waals surface area contributed by atoms with Crippen molar-refractivity contribution in [3.63, 3.8) is 0 Å². The molecule has 2 amide bonds. The van der Waals surface area contributed by atoms with Crippen LogP contribution in [0.5, 0.6) is 0 Å². The summed E-state index contributed by atoms with van der Waals surface area (Å²) in [6, 6.07) is 8.29. The predicted molar refractivity (Wildman–Crippen MR) is 143 cm³/mol. The molecule has 0 aliphatic carbocycles. The van der Waals surface area contributed by atoms with Crippen LogP contribution in [0.1, 0.15) is 32.3 Å². The highest BCUT2D eigenvalue weighted by Gasteiger charge is 2.32. The van der Waals surface area contributed by atoms with Gasteiger partial charge in [0.2, 0.25) is 21.8 Å². The maximum absolute atomic E-state index is 13.6. The van der Waals surface area contributed by atoms with Crippen LogP contribution in [0.25, 0.3) is 0 Å². The van der Waals surface area contributed by atoms with E-state index in [2.05, 4.69) is 5.32 Å². The summed E-state index contributed by atoms with van der Waals surface area (Å²) in [7, 11) is -3.90. The van der Waals surface area contributed by atoms with Crippen LogP contribution in [-0.4, -0.2) is 50.5 Å². The third kappa shape index (κ3) is 7.89. The second-order valence-electron chi connectivity index (χ2n) is 7.80. The van der Waals surface area contributed by atoms with E-state index in [1.807, 2.05) is 6.92 Å². The van der Waals surface area contributed by atoms with Crippen LogP contribution < -0.4 is 9.62 Å². The van der Waals surface area contributed by atoms with E-state index in [-0.39, 0.29) is 34.6 Å². The number of nitrogens with one attached hydrogen (secondary N) is 1. The van der Waals surface area contributed by atoms with E-state index in [9.17, 15) is 18.0 Å². The smallest absolute Gasteiger partial charge is 0.244 e. The Morgan fingerprint density at radius 2 is 1.60 bits per heavy atom. The number of hydrogen-bond donors (Lipinski definition) is 1. The van der Waals surface area contributed by atoms with Crippen molar-refractivity contribution in [1.29, 1.82) is 0 Å². The molecule has 7 nitrogen and oxygen atoms in total. The van der Waals surface area contributed by atoms with Gasteiger partial charge in [-0.25, -0.2) is 8.42 Å². The van der Waals surface area contributed by atoms with E-state index < -0.39 is 28.5 Å². The fraction of sp³-hybridized carbons (Fsp3) is 0.391. The van der Waals surface area contributed by atoms with Gasteiger partial charge in [0.15, 0.2) is 0 Å². The number of carbonyl (C=O) groups excluding carboxylic acids is 2. The van der Waals surface area contributed by atoms with E-state index in [1.54, 1.807) is 25.1 Å². The summed E-state index contributed by atoms with van der Waals surface area (Å²) in [6.07, 6.45) is 1.98. The summed E-state index contributed by atoms with van der Waals surface area (Å²) < 4.78 is 26.2. The predicted octanol–water partition coefficient (Wildman–Crippen LogP) is 5.40. The highest BCUT2D eigenvalue weighted by Crippen LogP contribution is 2.30. The van der Waals surface area contributed by atoms with E-state index in [4.69, 9.17) is 46.4 Å². The van der Waals surface area contributed by atoms with Crippen molar-refractivity contribution in [2.75, 3.05) is 23.7 Å². The lowest BCUT2D eigenvalue weighted by Gasteiger charge is -2.33. The van der Waals surface area contributed by atoms with Crippen molar-refractivity contribution in [3.05, 3.63) is 62.1 Å². The fourth-order valence-corrected chi connectivity index (χ4v) is 5.04. The second kappa shape index (κ2) is 13.0. The van der Waals surface area contributed by atoms with Crippen molar-refractivity contribution < 1.29 is 18.0 Å². The number of carbonyl (C=O) groups is 2. The SMILES string of the molecule is CCCNC(=O)[C@H](CC)N(Cc1c(Cl)cccc1Cl)C(=O)CN(c1ccc(Cl)c(Cl)c1)S(C)(=O)=O. The molecule has 0 saturated carbocycles. The van der Waals surface area contributed by atoms with E-state index in [1.165, 1.54) is 23.1 Å². The number of sulfonamides is 1. The molecule has 2 aromatic rings. The molecule has 0 heterocycles. The molecule has 0 fully saturated rings. The molecule has 0 aliphatic heterocycles. The number of anilines is 1. The number of benzene rings is 2. The number of halogens is 4. The zero-order valence-electron chi connectivity index (χ0n) is 19.5. The Bertz CT molecular complexity index is 1160. The van der Waals surface area contributed by atoms with Gasteiger partial charge in [-0.3, -0.25) is 13.9 Å². The van der Waals surface area contributed by atoms with Gasteiger partial charge < -0.3 is 10.2 Å². The van der Waals surface area contributed by atoms with Gasteiger partial charge in [-0.1, -0.05) is 66.3 Å². The summed E-state index contributed by atoms with van der Waals surface area (Å²) in [5.74, 6) is -0.970. The average Bonchev–Trinajstić information content (AvgIpc) is 2.78. The Balaban J connectivity index is 2.50. The van der Waals surface area contributed by atoms with Crippen LogP contribution in [0.3, 0.4) is 0 Å². The lowest BCUT2D eigenvalue weighted by Crippen LogP contribution is -2.52. The topological polar surface area (TPSA) is 86.8 Å². The van der Waals surface area contributed by atoms with Crippen molar-refractivity contribution in [1.82, 2.24) is 10.2 Å². The van der Waals surface area contributed by atoms with Gasteiger partial charge in [0.1, 0.15) is 12.6 Å². The molecule has 35 heavy (non-hydrogen) atoms. The summed E-state index contributed by atoms with van der Waals surface area (Å²) in [4.78, 5) is 27.9. The van der Waals surface area contributed by atoms with Crippen LogP contribution in [-0.2, 0) is 26.2 Å². The van der Waals surface area contributed by atoms with E-state index in [0.717, 1.165) is 10.6 Å². The standard InChI is InChI=1S/C23H27Cl4N3O4S/c1-4-11-28-23(32)21(5-2)29(13-16-17(24)7-6-8-18(16)25)22(31)14-30(35(3,33)34)15-9-10-19(26)20(27)12-15/h6-10,12,21H,4-5,11,13-14H2,1-3H3,(H,28,32)/t21-/m0/s1. The minimum absolute atomic E-state index is 0.0889. The zero-order chi connectivity index (χ0) is 26.3. The molecule has 0 bridgehead atoms. The molecule has 0 aromatic heterocycles. The van der Waals surface area contributed by atoms with Crippen molar-refractivity contribution in [2.24, 2.45) is 0 Å². The molecule has 2 rings (SSSR count). The Labute approximate surface area is 226 Å². The van der Waals surface area contributed by atoms with E-state index in [0.29, 0.717) is 28.6 Å². The van der Waals surface area contributed by atoms with Crippen LogP contribution >= 0.6 is 46.4 Å². The minimum atomic E-state index is -3.90. The summed E-state index contributed by atoms with van der Waals surface area (Å²) in [5.41, 5.74) is 0.612. The highest BCUT2D eigenvalue weighted by atomic mass is 35.5. The lowest BCUT2D eigenvalue weighted by molar-refractivity contribution is -0.140. The Kier molecular flexibility index (Phi) is 11.0. The van der Waals surface area contributed by atoms with Crippen LogP contribution in [0.2, 0.25) is 20.1 Å². The highest BCUT2D eigenvalue weighted by molar-refractivity contribution is 7.92. The van der Waals surface area contributed by atoms with Crippen LogP contribution in [0, 0.1) is 0 Å². The zero-order valence-corrected chi connectivity index (χ0v) is 23.4. The summed E-state index contributed by atoms with van der Waals surface area (Å²) in [5, 5.41) is 3.82. The quantitative estimate of drug-likeness (QED) is 0.384. The molecule has 0 spiro atoms. The normalized spacial score (nSPS) is 12.2. The number of hydrogen-bond acceptors (Lipinski definition) is 4. The summed E-state index contributed by atoms with van der Waals surface area (Å²) in [6.45, 7) is 3.45. The average molecular weight is 583 g/mol. The fourth-order valence-electron chi connectivity index (χ4n) is 3.39. The monoisotopic (exact) mass is 581 g/mol. The molecule has 0 saturated heterocycles. The van der Waals surface area contributed by atoms with E-state index >= 15 is 0 Å². The lowest BCUT2D eigenvalue weighted by atomic mass is 10.1. The maximum atomic E-state index is 13.6. The molecule has 1 N–H and O–H groups in total. The first-order valence-corrected chi connectivity index (χ1v) is 14.2. The Morgan fingerprint density at radius 1 is 0.971 bits per heavy atom. The molecular weight excluding hydrogens is 556 g/mol. The largest absolute Gasteiger partial charge is 0.354 e. The third-order valence-corrected chi connectivity index (χ3v) is 7.78. The van der Waals surface area contributed by atoms with Gasteiger partial charge >= 0.3 is 0 Å². The van der Waals surface area contributed by atoms with Gasteiger partial charge in [0.05, 0.1) is 22.0 Å². The first kappa shape index (κ1) is 29.5. The first-order chi connectivity index (χ1) is 16.4. The van der Waals surface area contributed by atoms with Crippen LogP contribution in [0.4, 0.5) is 5.69 Å². The molecule has 2 aromatic carbocycles. The molecule has 0 unspecified atom stereocenters. The van der Waals surface area contributed by atoms with Crippen molar-refractivity contribution >= 4 is 73.9 Å². The number of nitrogens with zero attached hydrogens (tertiary/aromatic N) is 2. The maximum Gasteiger partial charge on any atom is 0.244 e. The summed E-state index contributed by atoms with van der Waals surface area (Å²) >= 11 is 24.7.